The van der Waals surface area contributed by atoms with Crippen molar-refractivity contribution < 1.29 is 18.0 Å². The Morgan fingerprint density at radius 1 is 1.50 bits per heavy atom. The van der Waals surface area contributed by atoms with E-state index in [1.165, 1.54) is 13.8 Å². The molecular formula is C7H8F3N3O. The maximum Gasteiger partial charge on any atom is 0.435 e. The number of halogens is 3. The van der Waals surface area contributed by atoms with Gasteiger partial charge in [0.2, 0.25) is 5.91 Å². The molecule has 0 aromatic carbocycles. The fourth-order valence-electron chi connectivity index (χ4n) is 0.972. The average Bonchev–Trinajstić information content (AvgIpc) is 2.30. The molecular weight excluding hydrogens is 199 g/mol. The largest absolute Gasteiger partial charge is 0.435 e. The molecule has 2 N–H and O–H groups in total. The Morgan fingerprint density at radius 3 is 2.43 bits per heavy atom. The van der Waals surface area contributed by atoms with E-state index in [1.807, 2.05) is 0 Å². The first-order valence-electron chi connectivity index (χ1n) is 3.72. The Morgan fingerprint density at radius 2 is 2.07 bits per heavy atom. The number of hydrogen-bond acceptors (Lipinski definition) is 2. The highest BCUT2D eigenvalue weighted by atomic mass is 19.4. The summed E-state index contributed by atoms with van der Waals surface area (Å²) in [5, 5.41) is 7.39. The summed E-state index contributed by atoms with van der Waals surface area (Å²) in [6.45, 7) is 2.44. The molecule has 0 radical (unpaired) electrons. The first kappa shape index (κ1) is 10.6. The highest BCUT2D eigenvalue weighted by Crippen LogP contribution is 2.32. The third kappa shape index (κ3) is 2.04. The molecule has 14 heavy (non-hydrogen) atoms. The normalized spacial score (nSPS) is 11.5. The summed E-state index contributed by atoms with van der Waals surface area (Å²) >= 11 is 0. The Kier molecular flexibility index (Phi) is 2.50. The minimum absolute atomic E-state index is 0.0233. The van der Waals surface area contributed by atoms with E-state index in [-0.39, 0.29) is 11.4 Å². The molecule has 1 aromatic heterocycles. The van der Waals surface area contributed by atoms with Gasteiger partial charge in [-0.05, 0) is 6.92 Å². The Bertz CT molecular complexity index is 356. The molecule has 0 atom stereocenters. The number of carbonyl (C=O) groups is 1. The number of aromatic amines is 1. The summed E-state index contributed by atoms with van der Waals surface area (Å²) in [5.41, 5.74) is -1.13. The van der Waals surface area contributed by atoms with Crippen LogP contribution in [0.2, 0.25) is 0 Å². The molecule has 0 spiro atoms. The number of hydrogen-bond donors (Lipinski definition) is 2. The lowest BCUT2D eigenvalue weighted by Gasteiger charge is -2.03. The monoisotopic (exact) mass is 207 g/mol. The van der Waals surface area contributed by atoms with Crippen molar-refractivity contribution in [2.75, 3.05) is 5.32 Å². The Labute approximate surface area is 77.5 Å². The van der Waals surface area contributed by atoms with Crippen molar-refractivity contribution in [1.29, 1.82) is 0 Å². The summed E-state index contributed by atoms with van der Waals surface area (Å²) in [6.07, 6.45) is -4.50. The van der Waals surface area contributed by atoms with Crippen LogP contribution in [-0.4, -0.2) is 16.1 Å². The van der Waals surface area contributed by atoms with E-state index in [4.69, 9.17) is 0 Å². The molecule has 0 bridgehead atoms. The second kappa shape index (κ2) is 3.32. The lowest BCUT2D eigenvalue weighted by Crippen LogP contribution is -2.09. The number of nitrogens with zero attached hydrogens (tertiary/aromatic N) is 1. The van der Waals surface area contributed by atoms with Crippen molar-refractivity contribution in [2.24, 2.45) is 0 Å². The first-order valence-corrected chi connectivity index (χ1v) is 3.72. The van der Waals surface area contributed by atoms with Crippen LogP contribution in [0.4, 0.5) is 19.0 Å². The van der Waals surface area contributed by atoms with Crippen molar-refractivity contribution in [1.82, 2.24) is 10.2 Å². The van der Waals surface area contributed by atoms with Crippen molar-refractivity contribution in [2.45, 2.75) is 20.0 Å². The van der Waals surface area contributed by atoms with E-state index < -0.39 is 17.8 Å². The second-order valence-electron chi connectivity index (χ2n) is 2.75. The smallest absolute Gasteiger partial charge is 0.311 e. The third-order valence-corrected chi connectivity index (χ3v) is 1.58. The minimum atomic E-state index is -4.50. The summed E-state index contributed by atoms with van der Waals surface area (Å²) in [6, 6.07) is 0. The number of H-pyrrole nitrogens is 1. The summed E-state index contributed by atoms with van der Waals surface area (Å²) in [5.74, 6) is -0.477. The van der Waals surface area contributed by atoms with Crippen molar-refractivity contribution in [3.8, 4) is 0 Å². The molecule has 0 saturated heterocycles. The molecule has 1 aromatic rings. The van der Waals surface area contributed by atoms with Crippen LogP contribution < -0.4 is 5.32 Å². The quantitative estimate of drug-likeness (QED) is 0.736. The molecule has 1 rings (SSSR count). The summed E-state index contributed by atoms with van der Waals surface area (Å²) in [7, 11) is 0. The number of anilines is 1. The zero-order valence-electron chi connectivity index (χ0n) is 7.49. The molecule has 0 aliphatic rings. The van der Waals surface area contributed by atoms with E-state index >= 15 is 0 Å². The zero-order chi connectivity index (χ0) is 10.9. The SMILES string of the molecule is CC(=O)Nc1[nH]nc(C(F)(F)F)c1C. The molecule has 0 aliphatic heterocycles. The van der Waals surface area contributed by atoms with Gasteiger partial charge in [0.1, 0.15) is 5.82 Å². The van der Waals surface area contributed by atoms with E-state index in [0.717, 1.165) is 0 Å². The number of amides is 1. The van der Waals surface area contributed by atoms with Crippen LogP contribution in [0.25, 0.3) is 0 Å². The zero-order valence-corrected chi connectivity index (χ0v) is 7.49. The topological polar surface area (TPSA) is 57.8 Å². The highest BCUT2D eigenvalue weighted by Gasteiger charge is 2.36. The van der Waals surface area contributed by atoms with E-state index in [0.29, 0.717) is 0 Å². The van der Waals surface area contributed by atoms with Gasteiger partial charge in [0, 0.05) is 12.5 Å². The lowest BCUT2D eigenvalue weighted by atomic mass is 10.2. The van der Waals surface area contributed by atoms with Crippen LogP contribution in [0, 0.1) is 6.92 Å². The fourth-order valence-corrected chi connectivity index (χ4v) is 0.972. The Balaban J connectivity index is 3.03. The summed E-state index contributed by atoms with van der Waals surface area (Å²) < 4.78 is 36.6. The molecule has 78 valence electrons. The van der Waals surface area contributed by atoms with Gasteiger partial charge in [0.25, 0.3) is 0 Å². The van der Waals surface area contributed by atoms with E-state index in [1.54, 1.807) is 0 Å². The maximum atomic E-state index is 12.2. The number of nitrogens with one attached hydrogen (secondary N) is 2. The molecule has 1 heterocycles. The first-order chi connectivity index (χ1) is 6.32. The van der Waals surface area contributed by atoms with Gasteiger partial charge in [0.15, 0.2) is 5.69 Å². The van der Waals surface area contributed by atoms with Gasteiger partial charge in [-0.25, -0.2) is 0 Å². The third-order valence-electron chi connectivity index (χ3n) is 1.58. The van der Waals surface area contributed by atoms with Crippen molar-refractivity contribution >= 4 is 11.7 Å². The molecule has 0 unspecified atom stereocenters. The standard InChI is InChI=1S/C7H8F3N3O/c1-3-5(7(8,9)10)12-13-6(3)11-4(2)14/h1-2H3,(H2,11,12,13,14). The predicted molar refractivity (Wildman–Crippen MR) is 42.6 cm³/mol. The van der Waals surface area contributed by atoms with Gasteiger partial charge in [-0.15, -0.1) is 0 Å². The van der Waals surface area contributed by atoms with Crippen molar-refractivity contribution in [3.05, 3.63) is 11.3 Å². The number of carbonyl (C=O) groups excluding carboxylic acids is 1. The van der Waals surface area contributed by atoms with Crippen LogP contribution in [0.3, 0.4) is 0 Å². The highest BCUT2D eigenvalue weighted by molar-refractivity contribution is 5.88. The lowest BCUT2D eigenvalue weighted by molar-refractivity contribution is -0.141. The van der Waals surface area contributed by atoms with Gasteiger partial charge in [0.05, 0.1) is 0 Å². The molecule has 4 nitrogen and oxygen atoms in total. The van der Waals surface area contributed by atoms with Gasteiger partial charge in [-0.1, -0.05) is 0 Å². The maximum absolute atomic E-state index is 12.2. The molecule has 7 heteroatoms. The van der Waals surface area contributed by atoms with Gasteiger partial charge >= 0.3 is 6.18 Å². The predicted octanol–water partition coefficient (Wildman–Crippen LogP) is 1.70. The molecule has 1 amide bonds. The average molecular weight is 207 g/mol. The Hall–Kier alpha value is -1.53. The van der Waals surface area contributed by atoms with Gasteiger partial charge in [-0.2, -0.15) is 18.3 Å². The molecule has 0 saturated carbocycles. The van der Waals surface area contributed by atoms with Crippen molar-refractivity contribution in [3.63, 3.8) is 0 Å². The van der Waals surface area contributed by atoms with Crippen LogP contribution in [0.5, 0.6) is 0 Å². The number of alkyl halides is 3. The minimum Gasteiger partial charge on any atom is -0.311 e. The van der Waals surface area contributed by atoms with E-state index in [9.17, 15) is 18.0 Å². The van der Waals surface area contributed by atoms with Crippen LogP contribution in [-0.2, 0) is 11.0 Å². The van der Waals surface area contributed by atoms with Crippen LogP contribution in [0.1, 0.15) is 18.2 Å². The molecule has 0 fully saturated rings. The van der Waals surface area contributed by atoms with E-state index in [2.05, 4.69) is 15.5 Å². The second-order valence-corrected chi connectivity index (χ2v) is 2.75. The van der Waals surface area contributed by atoms with Crippen LogP contribution >= 0.6 is 0 Å². The number of aromatic nitrogens is 2. The summed E-state index contributed by atoms with van der Waals surface area (Å²) in [4.78, 5) is 10.6. The fraction of sp³-hybridized carbons (Fsp3) is 0.429. The van der Waals surface area contributed by atoms with Gasteiger partial charge in [-0.3, -0.25) is 9.89 Å². The van der Waals surface area contributed by atoms with Gasteiger partial charge < -0.3 is 5.32 Å². The molecule has 0 aliphatic carbocycles. The number of rotatable bonds is 1. The van der Waals surface area contributed by atoms with Crippen LogP contribution in [0.15, 0.2) is 0 Å².